The molecular weight excluding hydrogens is 350 g/mol. The highest BCUT2D eigenvalue weighted by atomic mass is 79.9. The Labute approximate surface area is 136 Å². The summed E-state index contributed by atoms with van der Waals surface area (Å²) in [6.07, 6.45) is 3.14. The Hall–Kier alpha value is -1.89. The van der Waals surface area contributed by atoms with E-state index in [0.717, 1.165) is 22.2 Å². The Kier molecular flexibility index (Phi) is 3.90. The number of anilines is 1. The highest BCUT2D eigenvalue weighted by Crippen LogP contribution is 2.35. The van der Waals surface area contributed by atoms with Crippen LogP contribution in [0, 0.1) is 0 Å². The number of carbonyl (C=O) groups is 3. The zero-order valence-electron chi connectivity index (χ0n) is 11.9. The minimum atomic E-state index is -0.773. The van der Waals surface area contributed by atoms with Crippen molar-refractivity contribution in [2.75, 3.05) is 11.9 Å². The van der Waals surface area contributed by atoms with Crippen LogP contribution in [-0.2, 0) is 9.59 Å². The Bertz CT molecular complexity index is 641. The highest BCUT2D eigenvalue weighted by molar-refractivity contribution is 9.10. The quantitative estimate of drug-likeness (QED) is 0.806. The van der Waals surface area contributed by atoms with E-state index >= 15 is 0 Å². The fourth-order valence-corrected chi connectivity index (χ4v) is 3.42. The minimum Gasteiger partial charge on any atom is -0.324 e. The number of carbonyl (C=O) groups excluding carboxylic acids is 3. The van der Waals surface area contributed by atoms with Crippen molar-refractivity contribution in [2.45, 2.75) is 31.2 Å². The molecule has 1 saturated carbocycles. The molecule has 4 amide bonds. The van der Waals surface area contributed by atoms with Crippen LogP contribution in [0.4, 0.5) is 10.5 Å². The van der Waals surface area contributed by atoms with Crippen molar-refractivity contribution in [3.8, 4) is 0 Å². The van der Waals surface area contributed by atoms with Gasteiger partial charge in [0, 0.05) is 4.47 Å². The maximum atomic E-state index is 12.4. The second-order valence-corrected chi connectivity index (χ2v) is 6.49. The molecule has 1 aromatic carbocycles. The first-order valence-electron chi connectivity index (χ1n) is 7.20. The van der Waals surface area contributed by atoms with Gasteiger partial charge in [-0.2, -0.15) is 0 Å². The maximum absolute atomic E-state index is 12.4. The first-order valence-corrected chi connectivity index (χ1v) is 8.00. The molecule has 1 aliphatic heterocycles. The Morgan fingerprint density at radius 2 is 1.95 bits per heavy atom. The number of hydrogen-bond donors (Lipinski definition) is 2. The van der Waals surface area contributed by atoms with E-state index in [9.17, 15) is 14.4 Å². The van der Waals surface area contributed by atoms with Crippen LogP contribution in [-0.4, -0.2) is 34.8 Å². The van der Waals surface area contributed by atoms with Gasteiger partial charge in [-0.3, -0.25) is 14.5 Å². The molecular formula is C15H16BrN3O3. The third kappa shape index (κ3) is 2.61. The maximum Gasteiger partial charge on any atom is 0.325 e. The lowest BCUT2D eigenvalue weighted by molar-refractivity contribution is -0.133. The molecule has 22 heavy (non-hydrogen) atoms. The van der Waals surface area contributed by atoms with Gasteiger partial charge in [-0.15, -0.1) is 0 Å². The summed E-state index contributed by atoms with van der Waals surface area (Å²) in [7, 11) is 0. The van der Waals surface area contributed by atoms with Crippen molar-refractivity contribution in [2.24, 2.45) is 0 Å². The molecule has 0 bridgehead atoms. The fourth-order valence-electron chi connectivity index (χ4n) is 3.03. The number of urea groups is 1. The summed E-state index contributed by atoms with van der Waals surface area (Å²) in [4.78, 5) is 37.6. The number of benzene rings is 1. The van der Waals surface area contributed by atoms with Crippen molar-refractivity contribution in [3.63, 3.8) is 0 Å². The average molecular weight is 366 g/mol. The Balaban J connectivity index is 1.68. The number of imide groups is 1. The van der Waals surface area contributed by atoms with Gasteiger partial charge in [0.1, 0.15) is 12.1 Å². The molecule has 2 aliphatic rings. The highest BCUT2D eigenvalue weighted by Gasteiger charge is 2.52. The third-order valence-corrected chi connectivity index (χ3v) is 4.84. The summed E-state index contributed by atoms with van der Waals surface area (Å²) in [5, 5.41) is 5.46. The van der Waals surface area contributed by atoms with Crippen molar-refractivity contribution >= 4 is 39.5 Å². The first kappa shape index (κ1) is 15.0. The smallest absolute Gasteiger partial charge is 0.324 e. The number of hydrogen-bond acceptors (Lipinski definition) is 3. The van der Waals surface area contributed by atoms with Crippen LogP contribution in [0.15, 0.2) is 28.7 Å². The van der Waals surface area contributed by atoms with Gasteiger partial charge < -0.3 is 10.6 Å². The van der Waals surface area contributed by atoms with E-state index < -0.39 is 17.5 Å². The lowest BCUT2D eigenvalue weighted by Crippen LogP contribution is -2.44. The first-order chi connectivity index (χ1) is 10.5. The predicted molar refractivity (Wildman–Crippen MR) is 84.2 cm³/mol. The van der Waals surface area contributed by atoms with Gasteiger partial charge in [-0.25, -0.2) is 4.79 Å². The van der Waals surface area contributed by atoms with Crippen LogP contribution in [0.2, 0.25) is 0 Å². The van der Waals surface area contributed by atoms with Crippen molar-refractivity contribution in [3.05, 3.63) is 28.7 Å². The molecule has 1 aliphatic carbocycles. The van der Waals surface area contributed by atoms with Gasteiger partial charge in [0.15, 0.2) is 0 Å². The molecule has 1 saturated heterocycles. The molecule has 0 aromatic heterocycles. The second kappa shape index (κ2) is 5.72. The lowest BCUT2D eigenvalue weighted by atomic mass is 9.98. The van der Waals surface area contributed by atoms with Crippen LogP contribution >= 0.6 is 15.9 Å². The SMILES string of the molecule is O=C(CN1C(=O)NC2(CCCC2)C1=O)Nc1ccccc1Br. The number of halogens is 1. The van der Waals surface area contributed by atoms with Crippen molar-refractivity contribution in [1.29, 1.82) is 0 Å². The number of para-hydroxylation sites is 1. The molecule has 2 fully saturated rings. The topological polar surface area (TPSA) is 78.5 Å². The standard InChI is InChI=1S/C15H16BrN3O3/c16-10-5-1-2-6-11(10)17-12(20)9-19-13(21)15(18-14(19)22)7-3-4-8-15/h1-2,5-6H,3-4,7-9H2,(H,17,20)(H,18,22). The van der Waals surface area contributed by atoms with Crippen LogP contribution in [0.3, 0.4) is 0 Å². The molecule has 116 valence electrons. The summed E-state index contributed by atoms with van der Waals surface area (Å²) < 4.78 is 0.743. The minimum absolute atomic E-state index is 0.270. The molecule has 1 spiro atoms. The van der Waals surface area contributed by atoms with E-state index in [1.807, 2.05) is 6.07 Å². The Morgan fingerprint density at radius 3 is 2.64 bits per heavy atom. The predicted octanol–water partition coefficient (Wildman–Crippen LogP) is 2.25. The van der Waals surface area contributed by atoms with Crippen molar-refractivity contribution < 1.29 is 14.4 Å². The summed E-state index contributed by atoms with van der Waals surface area (Å²) in [5.41, 5.74) is -0.167. The molecule has 6 nitrogen and oxygen atoms in total. The Morgan fingerprint density at radius 1 is 1.27 bits per heavy atom. The number of amides is 4. The van der Waals surface area contributed by atoms with Gasteiger partial charge in [0.05, 0.1) is 5.69 Å². The van der Waals surface area contributed by atoms with E-state index in [-0.39, 0.29) is 12.5 Å². The normalized spacial score (nSPS) is 19.6. The fraction of sp³-hybridized carbons (Fsp3) is 0.400. The van der Waals surface area contributed by atoms with E-state index in [4.69, 9.17) is 0 Å². The van der Waals surface area contributed by atoms with Gasteiger partial charge in [0.25, 0.3) is 5.91 Å². The molecule has 1 aromatic rings. The summed E-state index contributed by atoms with van der Waals surface area (Å²) in [5.74, 6) is -0.678. The molecule has 0 unspecified atom stereocenters. The number of rotatable bonds is 3. The van der Waals surface area contributed by atoms with E-state index in [2.05, 4.69) is 26.6 Å². The van der Waals surface area contributed by atoms with Crippen molar-refractivity contribution in [1.82, 2.24) is 10.2 Å². The third-order valence-electron chi connectivity index (χ3n) is 4.15. The van der Waals surface area contributed by atoms with Gasteiger partial charge in [-0.1, -0.05) is 25.0 Å². The zero-order valence-corrected chi connectivity index (χ0v) is 13.5. The molecule has 0 radical (unpaired) electrons. The van der Waals surface area contributed by atoms with E-state index in [1.54, 1.807) is 18.2 Å². The summed E-state index contributed by atoms with van der Waals surface area (Å²) in [6, 6.07) is 6.69. The van der Waals surface area contributed by atoms with Crippen LogP contribution in [0.5, 0.6) is 0 Å². The van der Waals surface area contributed by atoms with Crippen LogP contribution < -0.4 is 10.6 Å². The van der Waals surface area contributed by atoms with E-state index in [0.29, 0.717) is 18.5 Å². The average Bonchev–Trinajstić information content (AvgIpc) is 3.03. The summed E-state index contributed by atoms with van der Waals surface area (Å²) in [6.45, 7) is -0.270. The monoisotopic (exact) mass is 365 g/mol. The lowest BCUT2D eigenvalue weighted by Gasteiger charge is -2.19. The van der Waals surface area contributed by atoms with Gasteiger partial charge in [0.2, 0.25) is 5.91 Å². The van der Waals surface area contributed by atoms with Gasteiger partial charge in [-0.05, 0) is 40.9 Å². The largest absolute Gasteiger partial charge is 0.325 e. The molecule has 7 heteroatoms. The number of nitrogens with one attached hydrogen (secondary N) is 2. The molecule has 2 N–H and O–H groups in total. The summed E-state index contributed by atoms with van der Waals surface area (Å²) >= 11 is 3.34. The van der Waals surface area contributed by atoms with Crippen LogP contribution in [0.1, 0.15) is 25.7 Å². The van der Waals surface area contributed by atoms with Gasteiger partial charge >= 0.3 is 6.03 Å². The molecule has 0 atom stereocenters. The van der Waals surface area contributed by atoms with Crippen LogP contribution in [0.25, 0.3) is 0 Å². The molecule has 3 rings (SSSR count). The zero-order chi connectivity index (χ0) is 15.7. The number of nitrogens with zero attached hydrogens (tertiary/aromatic N) is 1. The second-order valence-electron chi connectivity index (χ2n) is 5.64. The van der Waals surface area contributed by atoms with E-state index in [1.165, 1.54) is 0 Å². The molecule has 1 heterocycles.